The van der Waals surface area contributed by atoms with Crippen LogP contribution in [0.1, 0.15) is 15.9 Å². The second-order valence-electron chi connectivity index (χ2n) is 7.87. The third-order valence-electron chi connectivity index (χ3n) is 5.44. The number of ether oxygens (including phenoxy) is 1. The topological polar surface area (TPSA) is 138 Å². The fraction of sp³-hybridized carbons (Fsp3) is 0.0800. The Morgan fingerprint density at radius 3 is 2.46 bits per heavy atom. The van der Waals surface area contributed by atoms with Gasteiger partial charge < -0.3 is 15.2 Å². The summed E-state index contributed by atoms with van der Waals surface area (Å²) in [7, 11) is -3.18. The summed E-state index contributed by atoms with van der Waals surface area (Å²) in [6, 6.07) is 15.9. The normalized spacial score (nSPS) is 11.7. The number of halogens is 2. The number of benzene rings is 4. The number of aryl methyl sites for hydroxylation is 1. The molecule has 4 aromatic rings. The number of amides is 1. The Bertz CT molecular complexity index is 1690. The van der Waals surface area contributed by atoms with Crippen molar-refractivity contribution in [2.24, 2.45) is 10.2 Å². The Labute approximate surface area is 222 Å². The van der Waals surface area contributed by atoms with E-state index in [1.807, 2.05) is 0 Å². The average molecular weight is 560 g/mol. The molecule has 0 aliphatic heterocycles. The summed E-state index contributed by atoms with van der Waals surface area (Å²) in [6.45, 7) is 1.47. The highest BCUT2D eigenvalue weighted by atomic mass is 35.5. The highest BCUT2D eigenvalue weighted by molar-refractivity contribution is 7.86. The molecular weight excluding hydrogens is 541 g/mol. The van der Waals surface area contributed by atoms with Gasteiger partial charge in [-0.25, -0.2) is 0 Å². The molecule has 0 saturated heterocycles. The van der Waals surface area contributed by atoms with Crippen LogP contribution < -0.4 is 10.1 Å². The van der Waals surface area contributed by atoms with Crippen molar-refractivity contribution in [3.63, 3.8) is 0 Å². The Kier molecular flexibility index (Phi) is 7.37. The molecule has 190 valence electrons. The minimum atomic E-state index is -4.62. The van der Waals surface area contributed by atoms with Gasteiger partial charge in [0.2, 0.25) is 0 Å². The molecule has 0 saturated carbocycles. The molecule has 9 nitrogen and oxygen atoms in total. The molecule has 0 unspecified atom stereocenters. The fourth-order valence-corrected chi connectivity index (χ4v) is 5.21. The molecule has 3 N–H and O–H groups in total. The lowest BCUT2D eigenvalue weighted by molar-refractivity contribution is 0.102. The summed E-state index contributed by atoms with van der Waals surface area (Å²) in [5.41, 5.74) is 0.409. The van der Waals surface area contributed by atoms with E-state index in [0.29, 0.717) is 27.2 Å². The number of phenolic OH excluding ortho intramolecular Hbond substituents is 1. The number of methoxy groups -OCH3 is 1. The highest BCUT2D eigenvalue weighted by Crippen LogP contribution is 2.41. The molecule has 0 atom stereocenters. The van der Waals surface area contributed by atoms with Crippen molar-refractivity contribution < 1.29 is 27.6 Å². The van der Waals surface area contributed by atoms with Crippen molar-refractivity contribution in [3.05, 3.63) is 81.8 Å². The number of nitrogens with zero attached hydrogens (tertiary/aromatic N) is 2. The third kappa shape index (κ3) is 5.37. The van der Waals surface area contributed by atoms with Crippen LogP contribution in [0.15, 0.2) is 75.8 Å². The van der Waals surface area contributed by atoms with Gasteiger partial charge in [0.25, 0.3) is 16.0 Å². The molecule has 0 aliphatic rings. The van der Waals surface area contributed by atoms with Crippen molar-refractivity contribution >= 4 is 67.1 Å². The lowest BCUT2D eigenvalue weighted by Gasteiger charge is -2.12. The van der Waals surface area contributed by atoms with Crippen LogP contribution in [-0.4, -0.2) is 31.1 Å². The van der Waals surface area contributed by atoms with E-state index in [2.05, 4.69) is 15.5 Å². The van der Waals surface area contributed by atoms with Gasteiger partial charge in [-0.3, -0.25) is 9.35 Å². The lowest BCUT2D eigenvalue weighted by Crippen LogP contribution is -2.12. The molecular formula is C25H19Cl2N3O6S. The van der Waals surface area contributed by atoms with Crippen molar-refractivity contribution in [3.8, 4) is 11.5 Å². The van der Waals surface area contributed by atoms with Gasteiger partial charge in [0, 0.05) is 17.1 Å². The SMILES string of the molecule is COc1cc(NC(=O)c2cc3ccccc3c(N=Nc3ccc(C)c(S(=O)(=O)O)c3Cl)c2O)ccc1Cl. The highest BCUT2D eigenvalue weighted by Gasteiger charge is 2.22. The van der Waals surface area contributed by atoms with E-state index in [-0.39, 0.29) is 27.5 Å². The minimum absolute atomic E-state index is 0.0398. The van der Waals surface area contributed by atoms with Crippen LogP contribution in [0.3, 0.4) is 0 Å². The van der Waals surface area contributed by atoms with Crippen LogP contribution in [0.2, 0.25) is 10.0 Å². The van der Waals surface area contributed by atoms with Crippen LogP contribution in [0.5, 0.6) is 11.5 Å². The smallest absolute Gasteiger partial charge is 0.296 e. The predicted octanol–water partition coefficient (Wildman–Crippen LogP) is 7.08. The van der Waals surface area contributed by atoms with E-state index in [0.717, 1.165) is 0 Å². The monoisotopic (exact) mass is 559 g/mol. The van der Waals surface area contributed by atoms with Gasteiger partial charge in [-0.15, -0.1) is 10.2 Å². The van der Waals surface area contributed by atoms with Crippen molar-refractivity contribution in [1.29, 1.82) is 0 Å². The molecule has 37 heavy (non-hydrogen) atoms. The molecule has 4 rings (SSSR count). The second-order valence-corrected chi connectivity index (χ2v) is 10.0. The first kappa shape index (κ1) is 26.4. The van der Waals surface area contributed by atoms with Crippen molar-refractivity contribution in [2.45, 2.75) is 11.8 Å². The quantitative estimate of drug-likeness (QED) is 0.170. The van der Waals surface area contributed by atoms with E-state index in [9.17, 15) is 22.9 Å². The van der Waals surface area contributed by atoms with Crippen LogP contribution in [0.4, 0.5) is 17.1 Å². The van der Waals surface area contributed by atoms with E-state index < -0.39 is 26.7 Å². The number of aromatic hydroxyl groups is 1. The van der Waals surface area contributed by atoms with Gasteiger partial charge in [-0.05, 0) is 42.1 Å². The maximum absolute atomic E-state index is 13.1. The van der Waals surface area contributed by atoms with E-state index in [4.69, 9.17) is 27.9 Å². The van der Waals surface area contributed by atoms with Crippen LogP contribution >= 0.6 is 23.2 Å². The largest absolute Gasteiger partial charge is 0.505 e. The molecule has 0 aliphatic carbocycles. The standard InChI is InChI=1S/C25H19Cl2N3O6S/c1-13-7-10-19(21(27)24(13)37(33,34)35)29-30-22-16-6-4-3-5-14(16)11-17(23(22)31)25(32)28-15-8-9-18(26)20(12-15)36-2/h3-12,31H,1-2H3,(H,28,32)(H,33,34,35). The zero-order chi connectivity index (χ0) is 26.9. The third-order valence-corrected chi connectivity index (χ3v) is 7.29. The fourth-order valence-electron chi connectivity index (χ4n) is 3.67. The summed E-state index contributed by atoms with van der Waals surface area (Å²) in [5.74, 6) is -0.735. The van der Waals surface area contributed by atoms with E-state index in [1.54, 1.807) is 36.4 Å². The summed E-state index contributed by atoms with van der Waals surface area (Å²) >= 11 is 12.2. The van der Waals surface area contributed by atoms with Crippen molar-refractivity contribution in [1.82, 2.24) is 0 Å². The number of phenols is 1. The van der Waals surface area contributed by atoms with Gasteiger partial charge in [0.1, 0.15) is 22.0 Å². The van der Waals surface area contributed by atoms with Gasteiger partial charge >= 0.3 is 0 Å². The Balaban J connectivity index is 1.80. The first-order chi connectivity index (χ1) is 17.5. The molecule has 0 fully saturated rings. The number of azo groups is 1. The minimum Gasteiger partial charge on any atom is -0.505 e. The number of carbonyl (C=O) groups is 1. The molecule has 4 aromatic carbocycles. The number of nitrogens with one attached hydrogen (secondary N) is 1. The molecule has 0 bridgehead atoms. The Morgan fingerprint density at radius 1 is 1.03 bits per heavy atom. The van der Waals surface area contributed by atoms with Gasteiger partial charge in [-0.1, -0.05) is 53.5 Å². The van der Waals surface area contributed by atoms with Gasteiger partial charge in [-0.2, -0.15) is 8.42 Å². The zero-order valence-electron chi connectivity index (χ0n) is 19.4. The number of fused-ring (bicyclic) bond motifs is 1. The van der Waals surface area contributed by atoms with Crippen LogP contribution in [0, 0.1) is 6.92 Å². The van der Waals surface area contributed by atoms with Crippen LogP contribution in [-0.2, 0) is 10.1 Å². The molecule has 1 amide bonds. The van der Waals surface area contributed by atoms with E-state index >= 15 is 0 Å². The first-order valence-electron chi connectivity index (χ1n) is 10.6. The predicted molar refractivity (Wildman–Crippen MR) is 142 cm³/mol. The molecule has 12 heteroatoms. The second kappa shape index (κ2) is 10.3. The molecule has 0 radical (unpaired) electrons. The summed E-state index contributed by atoms with van der Waals surface area (Å²) in [6.07, 6.45) is 0. The average Bonchev–Trinajstić information content (AvgIpc) is 2.84. The lowest BCUT2D eigenvalue weighted by atomic mass is 10.0. The Morgan fingerprint density at radius 2 is 1.76 bits per heavy atom. The number of anilines is 1. The molecule has 0 heterocycles. The number of carbonyl (C=O) groups excluding carboxylic acids is 1. The van der Waals surface area contributed by atoms with Crippen molar-refractivity contribution in [2.75, 3.05) is 12.4 Å². The van der Waals surface area contributed by atoms with Gasteiger partial charge in [0.05, 0.1) is 22.7 Å². The summed E-state index contributed by atoms with van der Waals surface area (Å²) in [5, 5.41) is 22.9. The molecule has 0 aromatic heterocycles. The zero-order valence-corrected chi connectivity index (χ0v) is 21.7. The number of hydrogen-bond donors (Lipinski definition) is 3. The Hall–Kier alpha value is -3.70. The van der Waals surface area contributed by atoms with E-state index in [1.165, 1.54) is 38.3 Å². The maximum atomic E-state index is 13.1. The summed E-state index contributed by atoms with van der Waals surface area (Å²) in [4.78, 5) is 12.6. The first-order valence-corrected chi connectivity index (χ1v) is 12.8. The maximum Gasteiger partial charge on any atom is 0.296 e. The van der Waals surface area contributed by atoms with Gasteiger partial charge in [0.15, 0.2) is 5.75 Å². The molecule has 0 spiro atoms. The number of rotatable bonds is 6. The number of hydrogen-bond acceptors (Lipinski definition) is 7. The van der Waals surface area contributed by atoms with Crippen LogP contribution in [0.25, 0.3) is 10.8 Å². The summed E-state index contributed by atoms with van der Waals surface area (Å²) < 4.78 is 38.2.